The first-order chi connectivity index (χ1) is 10.6. The molecule has 0 bridgehead atoms. The van der Waals surface area contributed by atoms with Crippen LogP contribution in [-0.2, 0) is 4.79 Å². The first-order valence-corrected chi connectivity index (χ1v) is 9.15. The highest BCUT2D eigenvalue weighted by atomic mass is 16.4. The number of aliphatic hydroxyl groups excluding tert-OH is 2. The molecule has 0 saturated carbocycles. The fourth-order valence-electron chi connectivity index (χ4n) is 2.68. The number of carboxylic acid groups (broad SMARTS) is 1. The summed E-state index contributed by atoms with van der Waals surface area (Å²) in [4.78, 5) is 10.4. The highest BCUT2D eigenvalue weighted by Gasteiger charge is 2.15. The molecule has 3 N–H and O–H groups in total. The second kappa shape index (κ2) is 15.3. The Balaban J connectivity index is 3.38. The van der Waals surface area contributed by atoms with E-state index < -0.39 is 18.2 Å². The molecule has 0 aliphatic carbocycles. The molecule has 0 aliphatic rings. The molecule has 0 aromatic carbocycles. The van der Waals surface area contributed by atoms with Crippen LogP contribution in [0.15, 0.2) is 0 Å². The van der Waals surface area contributed by atoms with Crippen molar-refractivity contribution in [1.29, 1.82) is 0 Å². The molecule has 132 valence electrons. The van der Waals surface area contributed by atoms with Crippen molar-refractivity contribution in [3.05, 3.63) is 0 Å². The molecule has 0 saturated heterocycles. The van der Waals surface area contributed by atoms with Gasteiger partial charge in [0.2, 0.25) is 0 Å². The molecule has 2 atom stereocenters. The number of aliphatic hydroxyl groups is 2. The Kier molecular flexibility index (Phi) is 14.9. The Bertz CT molecular complexity index is 255. The maximum Gasteiger partial charge on any atom is 0.303 e. The van der Waals surface area contributed by atoms with Crippen molar-refractivity contribution >= 4 is 5.97 Å². The number of aliphatic carboxylic acids is 1. The van der Waals surface area contributed by atoms with Gasteiger partial charge in [-0.15, -0.1) is 0 Å². The first-order valence-electron chi connectivity index (χ1n) is 9.15. The highest BCUT2D eigenvalue weighted by molar-refractivity contribution is 5.66. The fourth-order valence-corrected chi connectivity index (χ4v) is 2.68. The SMILES string of the molecule is CCCCCCCCCCC(O)C(O)CCCCCC(=O)O. The summed E-state index contributed by atoms with van der Waals surface area (Å²) < 4.78 is 0. The van der Waals surface area contributed by atoms with Crippen LogP contribution in [0.25, 0.3) is 0 Å². The van der Waals surface area contributed by atoms with Gasteiger partial charge in [0.1, 0.15) is 0 Å². The van der Waals surface area contributed by atoms with Crippen molar-refractivity contribution in [2.75, 3.05) is 0 Å². The summed E-state index contributed by atoms with van der Waals surface area (Å²) in [6, 6.07) is 0. The van der Waals surface area contributed by atoms with Gasteiger partial charge >= 0.3 is 5.97 Å². The molecule has 0 aromatic heterocycles. The molecule has 0 amide bonds. The van der Waals surface area contributed by atoms with E-state index in [0.717, 1.165) is 25.7 Å². The van der Waals surface area contributed by atoms with E-state index in [4.69, 9.17) is 5.11 Å². The van der Waals surface area contributed by atoms with Crippen molar-refractivity contribution in [3.63, 3.8) is 0 Å². The summed E-state index contributed by atoms with van der Waals surface area (Å²) >= 11 is 0. The lowest BCUT2D eigenvalue weighted by Gasteiger charge is -2.17. The highest BCUT2D eigenvalue weighted by Crippen LogP contribution is 2.15. The Morgan fingerprint density at radius 1 is 0.727 bits per heavy atom. The van der Waals surface area contributed by atoms with Gasteiger partial charge < -0.3 is 15.3 Å². The number of hydrogen-bond donors (Lipinski definition) is 3. The number of hydrogen-bond acceptors (Lipinski definition) is 3. The topological polar surface area (TPSA) is 77.8 Å². The molecular weight excluding hydrogens is 280 g/mol. The molecule has 0 aromatic rings. The minimum atomic E-state index is -0.768. The van der Waals surface area contributed by atoms with Gasteiger partial charge in [-0.2, -0.15) is 0 Å². The van der Waals surface area contributed by atoms with E-state index >= 15 is 0 Å². The van der Waals surface area contributed by atoms with Crippen LogP contribution < -0.4 is 0 Å². The van der Waals surface area contributed by atoms with Crippen molar-refractivity contribution in [2.45, 2.75) is 109 Å². The molecule has 0 heterocycles. The van der Waals surface area contributed by atoms with E-state index in [-0.39, 0.29) is 6.42 Å². The minimum Gasteiger partial charge on any atom is -0.481 e. The third-order valence-electron chi connectivity index (χ3n) is 4.19. The van der Waals surface area contributed by atoms with E-state index in [1.807, 2.05) is 0 Å². The number of unbranched alkanes of at least 4 members (excludes halogenated alkanes) is 9. The van der Waals surface area contributed by atoms with Crippen LogP contribution in [0.4, 0.5) is 0 Å². The zero-order valence-corrected chi connectivity index (χ0v) is 14.3. The predicted molar refractivity (Wildman–Crippen MR) is 90.0 cm³/mol. The summed E-state index contributed by atoms with van der Waals surface area (Å²) in [6.45, 7) is 2.22. The molecule has 0 spiro atoms. The quantitative estimate of drug-likeness (QED) is 0.371. The van der Waals surface area contributed by atoms with Crippen LogP contribution in [0, 0.1) is 0 Å². The number of rotatable bonds is 16. The van der Waals surface area contributed by atoms with Crippen LogP contribution in [0.1, 0.15) is 96.8 Å². The molecule has 0 rings (SSSR count). The second-order valence-electron chi connectivity index (χ2n) is 6.39. The third-order valence-corrected chi connectivity index (χ3v) is 4.19. The Morgan fingerprint density at radius 3 is 1.59 bits per heavy atom. The molecule has 4 heteroatoms. The van der Waals surface area contributed by atoms with Crippen molar-refractivity contribution in [2.24, 2.45) is 0 Å². The van der Waals surface area contributed by atoms with Gasteiger partial charge in [-0.25, -0.2) is 0 Å². The van der Waals surface area contributed by atoms with Gasteiger partial charge in [0.25, 0.3) is 0 Å². The van der Waals surface area contributed by atoms with Crippen molar-refractivity contribution < 1.29 is 20.1 Å². The van der Waals surface area contributed by atoms with Crippen LogP contribution in [0.5, 0.6) is 0 Å². The molecular formula is C18H36O4. The Hall–Kier alpha value is -0.610. The molecule has 0 fully saturated rings. The number of carboxylic acids is 1. The maximum atomic E-state index is 10.4. The lowest BCUT2D eigenvalue weighted by molar-refractivity contribution is -0.137. The fraction of sp³-hybridized carbons (Fsp3) is 0.944. The maximum absolute atomic E-state index is 10.4. The van der Waals surface area contributed by atoms with E-state index in [2.05, 4.69) is 6.92 Å². The van der Waals surface area contributed by atoms with E-state index in [1.54, 1.807) is 0 Å². The van der Waals surface area contributed by atoms with Gasteiger partial charge in [-0.05, 0) is 19.3 Å². The monoisotopic (exact) mass is 316 g/mol. The van der Waals surface area contributed by atoms with Gasteiger partial charge in [0.05, 0.1) is 12.2 Å². The Morgan fingerprint density at radius 2 is 1.14 bits per heavy atom. The summed E-state index contributed by atoms with van der Waals surface area (Å²) in [5, 5.41) is 28.3. The summed E-state index contributed by atoms with van der Waals surface area (Å²) in [5.41, 5.74) is 0. The standard InChI is InChI=1S/C18H36O4/c1-2-3-4-5-6-7-8-10-13-16(19)17(20)14-11-9-12-15-18(21)22/h16-17,19-20H,2-15H2,1H3,(H,21,22). The average Bonchev–Trinajstić information content (AvgIpc) is 2.48. The predicted octanol–water partition coefficient (Wildman–Crippen LogP) is 4.27. The van der Waals surface area contributed by atoms with E-state index in [9.17, 15) is 15.0 Å². The summed E-state index contributed by atoms with van der Waals surface area (Å²) in [7, 11) is 0. The van der Waals surface area contributed by atoms with Crippen molar-refractivity contribution in [1.82, 2.24) is 0 Å². The zero-order valence-electron chi connectivity index (χ0n) is 14.3. The van der Waals surface area contributed by atoms with E-state index in [0.29, 0.717) is 19.3 Å². The van der Waals surface area contributed by atoms with Crippen LogP contribution in [0.2, 0.25) is 0 Å². The minimum absolute atomic E-state index is 0.191. The van der Waals surface area contributed by atoms with E-state index in [1.165, 1.54) is 38.5 Å². The first kappa shape index (κ1) is 21.4. The van der Waals surface area contributed by atoms with Crippen LogP contribution in [-0.4, -0.2) is 33.5 Å². The van der Waals surface area contributed by atoms with Gasteiger partial charge in [0.15, 0.2) is 0 Å². The Labute approximate surface area is 135 Å². The van der Waals surface area contributed by atoms with Gasteiger partial charge in [0, 0.05) is 6.42 Å². The molecule has 0 aliphatic heterocycles. The lowest BCUT2D eigenvalue weighted by atomic mass is 10.00. The third kappa shape index (κ3) is 14.3. The molecule has 22 heavy (non-hydrogen) atoms. The lowest BCUT2D eigenvalue weighted by Crippen LogP contribution is -2.25. The second-order valence-corrected chi connectivity index (χ2v) is 6.39. The molecule has 4 nitrogen and oxygen atoms in total. The van der Waals surface area contributed by atoms with Crippen molar-refractivity contribution in [3.8, 4) is 0 Å². The van der Waals surface area contributed by atoms with Crippen LogP contribution in [0.3, 0.4) is 0 Å². The smallest absolute Gasteiger partial charge is 0.303 e. The summed E-state index contributed by atoms with van der Waals surface area (Å²) in [6.07, 6.45) is 12.2. The zero-order chi connectivity index (χ0) is 16.6. The van der Waals surface area contributed by atoms with Gasteiger partial charge in [-0.3, -0.25) is 4.79 Å². The normalized spacial score (nSPS) is 14.0. The van der Waals surface area contributed by atoms with Crippen LogP contribution >= 0.6 is 0 Å². The number of carbonyl (C=O) groups is 1. The van der Waals surface area contributed by atoms with Gasteiger partial charge in [-0.1, -0.05) is 71.1 Å². The average molecular weight is 316 g/mol. The molecule has 2 unspecified atom stereocenters. The largest absolute Gasteiger partial charge is 0.481 e. The molecule has 0 radical (unpaired) electrons. The summed E-state index contributed by atoms with van der Waals surface area (Å²) in [5.74, 6) is -0.768.